The molecule has 0 aromatic heterocycles. The molecule has 0 atom stereocenters. The van der Waals surface area contributed by atoms with Gasteiger partial charge in [0.25, 0.3) is 0 Å². The van der Waals surface area contributed by atoms with Gasteiger partial charge in [-0.1, -0.05) is 91.0 Å². The van der Waals surface area contributed by atoms with E-state index in [1.165, 1.54) is 0 Å². The molecular weight excluding hydrogens is 290 g/mol. The minimum absolute atomic E-state index is 0.245. The van der Waals surface area contributed by atoms with Crippen molar-refractivity contribution >= 4 is 0 Å². The summed E-state index contributed by atoms with van der Waals surface area (Å²) in [7, 11) is 0. The van der Waals surface area contributed by atoms with Crippen LogP contribution in [0.4, 0.5) is 8.78 Å². The molecule has 0 aliphatic carbocycles. The third kappa shape index (κ3) is 3.02. The summed E-state index contributed by atoms with van der Waals surface area (Å²) in [4.78, 5) is 0. The van der Waals surface area contributed by atoms with Crippen LogP contribution in [0.5, 0.6) is 0 Å². The van der Waals surface area contributed by atoms with Crippen molar-refractivity contribution in [3.8, 4) is 0 Å². The highest BCUT2D eigenvalue weighted by Crippen LogP contribution is 2.43. The van der Waals surface area contributed by atoms with Crippen molar-refractivity contribution in [2.75, 3.05) is 0 Å². The molecule has 0 radical (unpaired) electrons. The zero-order chi connectivity index (χ0) is 16.1. The van der Waals surface area contributed by atoms with Crippen LogP contribution in [-0.2, 0) is 5.41 Å². The number of hydrogen-bond donors (Lipinski definition) is 0. The minimum atomic E-state index is -2.41. The number of benzene rings is 3. The van der Waals surface area contributed by atoms with Crippen LogP contribution in [0.1, 0.15) is 23.1 Å². The maximum atomic E-state index is 13.6. The van der Waals surface area contributed by atoms with Gasteiger partial charge in [0.1, 0.15) is 0 Å². The Morgan fingerprint density at radius 3 is 1.13 bits per heavy atom. The van der Waals surface area contributed by atoms with Gasteiger partial charge in [0, 0.05) is 6.42 Å². The largest absolute Gasteiger partial charge is 0.240 e. The van der Waals surface area contributed by atoms with E-state index in [4.69, 9.17) is 0 Å². The Hall–Kier alpha value is -2.48. The fourth-order valence-electron chi connectivity index (χ4n) is 3.25. The monoisotopic (exact) mass is 308 g/mol. The quantitative estimate of drug-likeness (QED) is 0.532. The average Bonchev–Trinajstić information content (AvgIpc) is 2.62. The van der Waals surface area contributed by atoms with Crippen LogP contribution in [0, 0.1) is 0 Å². The third-order valence-electron chi connectivity index (χ3n) is 4.26. The minimum Gasteiger partial charge on any atom is -0.210 e. The standard InChI is InChI=1S/C21H18F2/c22-20(23)16-21(17-10-4-1-5-11-17,18-12-6-2-7-13-18)19-14-8-3-9-15-19/h1-15,20H,16H2. The molecule has 0 bridgehead atoms. The van der Waals surface area contributed by atoms with E-state index in [0.29, 0.717) is 0 Å². The Labute approximate surface area is 135 Å². The summed E-state index contributed by atoms with van der Waals surface area (Å²) in [5, 5.41) is 0. The Morgan fingerprint density at radius 2 is 0.870 bits per heavy atom. The molecule has 0 nitrogen and oxygen atoms in total. The molecule has 0 amide bonds. The van der Waals surface area contributed by atoms with Gasteiger partial charge in [-0.3, -0.25) is 0 Å². The Kier molecular flexibility index (Phi) is 4.52. The van der Waals surface area contributed by atoms with Crippen molar-refractivity contribution in [2.45, 2.75) is 18.3 Å². The van der Waals surface area contributed by atoms with E-state index in [1.54, 1.807) is 0 Å². The van der Waals surface area contributed by atoms with Crippen molar-refractivity contribution in [1.82, 2.24) is 0 Å². The Balaban J connectivity index is 2.30. The molecule has 0 saturated heterocycles. The smallest absolute Gasteiger partial charge is 0.210 e. The highest BCUT2D eigenvalue weighted by Gasteiger charge is 2.38. The summed E-state index contributed by atoms with van der Waals surface area (Å²) >= 11 is 0. The number of halogens is 2. The lowest BCUT2D eigenvalue weighted by molar-refractivity contribution is 0.120. The summed E-state index contributed by atoms with van der Waals surface area (Å²) in [6, 6.07) is 28.8. The van der Waals surface area contributed by atoms with Gasteiger partial charge in [-0.05, 0) is 16.7 Å². The molecule has 0 saturated carbocycles. The van der Waals surface area contributed by atoms with Gasteiger partial charge in [-0.15, -0.1) is 0 Å². The van der Waals surface area contributed by atoms with Gasteiger partial charge in [0.05, 0.1) is 5.41 Å². The molecule has 0 fully saturated rings. The lowest BCUT2D eigenvalue weighted by atomic mass is 9.67. The summed E-state index contributed by atoms with van der Waals surface area (Å²) in [6.07, 6.45) is -2.65. The van der Waals surface area contributed by atoms with E-state index in [0.717, 1.165) is 16.7 Å². The van der Waals surface area contributed by atoms with Gasteiger partial charge in [-0.2, -0.15) is 0 Å². The first-order chi connectivity index (χ1) is 11.2. The molecule has 3 aromatic rings. The maximum absolute atomic E-state index is 13.6. The van der Waals surface area contributed by atoms with Crippen LogP contribution in [0.15, 0.2) is 91.0 Å². The number of hydrogen-bond acceptors (Lipinski definition) is 0. The molecule has 0 aliphatic rings. The topological polar surface area (TPSA) is 0 Å². The highest BCUT2D eigenvalue weighted by atomic mass is 19.3. The lowest BCUT2D eigenvalue weighted by Crippen LogP contribution is -2.31. The zero-order valence-corrected chi connectivity index (χ0v) is 12.7. The van der Waals surface area contributed by atoms with Crippen LogP contribution in [0.2, 0.25) is 0 Å². The van der Waals surface area contributed by atoms with Crippen LogP contribution < -0.4 is 0 Å². The van der Waals surface area contributed by atoms with E-state index < -0.39 is 11.8 Å². The maximum Gasteiger partial charge on any atom is 0.240 e. The predicted octanol–water partition coefficient (Wildman–Crippen LogP) is 5.68. The van der Waals surface area contributed by atoms with E-state index in [1.807, 2.05) is 91.0 Å². The molecule has 3 aromatic carbocycles. The van der Waals surface area contributed by atoms with Crippen molar-refractivity contribution in [3.05, 3.63) is 108 Å². The second-order valence-corrected chi connectivity index (χ2v) is 5.60. The van der Waals surface area contributed by atoms with Gasteiger partial charge < -0.3 is 0 Å². The molecule has 0 N–H and O–H groups in total. The molecule has 0 spiro atoms. The second kappa shape index (κ2) is 6.74. The summed E-state index contributed by atoms with van der Waals surface area (Å²) in [5.41, 5.74) is 1.81. The fraction of sp³-hybridized carbons (Fsp3) is 0.143. The molecular formula is C21H18F2. The van der Waals surface area contributed by atoms with Crippen molar-refractivity contribution in [3.63, 3.8) is 0 Å². The van der Waals surface area contributed by atoms with Gasteiger partial charge >= 0.3 is 0 Å². The zero-order valence-electron chi connectivity index (χ0n) is 12.7. The molecule has 23 heavy (non-hydrogen) atoms. The van der Waals surface area contributed by atoms with Crippen LogP contribution >= 0.6 is 0 Å². The van der Waals surface area contributed by atoms with E-state index in [2.05, 4.69) is 0 Å². The molecule has 3 rings (SSSR count). The first-order valence-electron chi connectivity index (χ1n) is 7.68. The second-order valence-electron chi connectivity index (χ2n) is 5.60. The first kappa shape index (κ1) is 15.4. The SMILES string of the molecule is FC(F)CC(c1ccccc1)(c1ccccc1)c1ccccc1. The normalized spacial score (nSPS) is 11.6. The third-order valence-corrected chi connectivity index (χ3v) is 4.26. The Bertz CT molecular complexity index is 625. The van der Waals surface area contributed by atoms with Gasteiger partial charge in [0.2, 0.25) is 6.43 Å². The molecule has 0 heterocycles. The first-order valence-corrected chi connectivity index (χ1v) is 7.68. The number of alkyl halides is 2. The summed E-state index contributed by atoms with van der Waals surface area (Å²) in [5.74, 6) is 0. The van der Waals surface area contributed by atoms with Crippen LogP contribution in [0.3, 0.4) is 0 Å². The van der Waals surface area contributed by atoms with Crippen molar-refractivity contribution in [2.24, 2.45) is 0 Å². The molecule has 116 valence electrons. The van der Waals surface area contributed by atoms with Crippen molar-refractivity contribution < 1.29 is 8.78 Å². The molecule has 0 aliphatic heterocycles. The van der Waals surface area contributed by atoms with Gasteiger partial charge in [-0.25, -0.2) is 8.78 Å². The number of rotatable bonds is 5. The van der Waals surface area contributed by atoms with E-state index >= 15 is 0 Å². The van der Waals surface area contributed by atoms with Crippen LogP contribution in [-0.4, -0.2) is 6.43 Å². The fourth-order valence-corrected chi connectivity index (χ4v) is 3.25. The molecule has 0 unspecified atom stereocenters. The molecule has 2 heteroatoms. The Morgan fingerprint density at radius 1 is 0.565 bits per heavy atom. The summed E-state index contributed by atoms with van der Waals surface area (Å²) in [6.45, 7) is 0. The summed E-state index contributed by atoms with van der Waals surface area (Å²) < 4.78 is 27.2. The average molecular weight is 308 g/mol. The predicted molar refractivity (Wildman–Crippen MR) is 89.8 cm³/mol. The van der Waals surface area contributed by atoms with E-state index in [9.17, 15) is 8.78 Å². The van der Waals surface area contributed by atoms with Gasteiger partial charge in [0.15, 0.2) is 0 Å². The lowest BCUT2D eigenvalue weighted by Gasteiger charge is -2.35. The van der Waals surface area contributed by atoms with Crippen molar-refractivity contribution in [1.29, 1.82) is 0 Å². The van der Waals surface area contributed by atoms with E-state index in [-0.39, 0.29) is 6.42 Å². The highest BCUT2D eigenvalue weighted by molar-refractivity contribution is 5.50. The van der Waals surface area contributed by atoms with Crippen LogP contribution in [0.25, 0.3) is 0 Å².